The fourth-order valence-electron chi connectivity index (χ4n) is 4.37. The molecule has 1 saturated carbocycles. The molecule has 2 aliphatic rings. The van der Waals surface area contributed by atoms with E-state index in [9.17, 15) is 13.2 Å². The third kappa shape index (κ3) is 4.55. The van der Waals surface area contributed by atoms with Crippen LogP contribution in [0.1, 0.15) is 36.2 Å². The van der Waals surface area contributed by atoms with Crippen LogP contribution in [0.25, 0.3) is 0 Å². The molecule has 0 unspecified atom stereocenters. The quantitative estimate of drug-likeness (QED) is 0.807. The molecule has 0 radical (unpaired) electrons. The van der Waals surface area contributed by atoms with Crippen molar-refractivity contribution in [2.45, 2.75) is 42.7 Å². The van der Waals surface area contributed by atoms with Gasteiger partial charge in [-0.2, -0.15) is 0 Å². The molecule has 4 rings (SSSR count). The normalized spacial score (nSPS) is 23.8. The molecule has 2 heterocycles. The number of furan rings is 1. The van der Waals surface area contributed by atoms with Gasteiger partial charge in [-0.3, -0.25) is 9.69 Å². The van der Waals surface area contributed by atoms with Crippen molar-refractivity contribution >= 4 is 15.9 Å². The van der Waals surface area contributed by atoms with E-state index in [1.807, 2.05) is 6.07 Å². The van der Waals surface area contributed by atoms with E-state index >= 15 is 0 Å². The molecule has 1 aliphatic heterocycles. The number of rotatable bonds is 5. The number of sulfonamides is 1. The average Bonchev–Trinajstić information content (AvgIpc) is 3.29. The standard InChI is InChI=1S/C21H27N3O4S/c25-21(20-11-6-16-28-20)24-14-12-23(13-15-24)19-10-5-4-9-18(19)22-29(26,27)17-7-2-1-3-8-17/h1-3,6-8,11,16,18-19,22H,4-5,9-10,12-15H2/t18-,19+/m0/s1. The number of hydrogen-bond donors (Lipinski definition) is 1. The molecular weight excluding hydrogens is 390 g/mol. The van der Waals surface area contributed by atoms with E-state index < -0.39 is 10.0 Å². The van der Waals surface area contributed by atoms with Crippen molar-refractivity contribution in [2.24, 2.45) is 0 Å². The summed E-state index contributed by atoms with van der Waals surface area (Å²) in [6, 6.07) is 12.0. The molecule has 1 aromatic heterocycles. The van der Waals surface area contributed by atoms with Gasteiger partial charge in [-0.15, -0.1) is 0 Å². The molecule has 0 spiro atoms. The Kier molecular flexibility index (Phi) is 6.03. The molecule has 0 bridgehead atoms. The van der Waals surface area contributed by atoms with E-state index in [2.05, 4.69) is 9.62 Å². The first-order valence-corrected chi connectivity index (χ1v) is 11.7. The van der Waals surface area contributed by atoms with Gasteiger partial charge in [-0.05, 0) is 37.1 Å². The predicted molar refractivity (Wildman–Crippen MR) is 109 cm³/mol. The van der Waals surface area contributed by atoms with Gasteiger partial charge in [0.05, 0.1) is 11.2 Å². The molecule has 2 atom stereocenters. The molecule has 2 fully saturated rings. The van der Waals surface area contributed by atoms with Gasteiger partial charge in [0.2, 0.25) is 10.0 Å². The zero-order valence-electron chi connectivity index (χ0n) is 16.4. The number of carbonyl (C=O) groups is 1. The van der Waals surface area contributed by atoms with Gasteiger partial charge in [0.25, 0.3) is 5.91 Å². The van der Waals surface area contributed by atoms with E-state index in [0.717, 1.165) is 38.8 Å². The monoisotopic (exact) mass is 417 g/mol. The number of piperazine rings is 1. The summed E-state index contributed by atoms with van der Waals surface area (Å²) in [7, 11) is -3.54. The van der Waals surface area contributed by atoms with Crippen molar-refractivity contribution < 1.29 is 17.6 Å². The lowest BCUT2D eigenvalue weighted by Crippen LogP contribution is -2.58. The Labute approximate surface area is 171 Å². The van der Waals surface area contributed by atoms with Crippen molar-refractivity contribution in [1.82, 2.24) is 14.5 Å². The number of nitrogens with one attached hydrogen (secondary N) is 1. The first-order valence-electron chi connectivity index (χ1n) is 10.2. The predicted octanol–water partition coefficient (Wildman–Crippen LogP) is 2.33. The number of benzene rings is 1. The van der Waals surface area contributed by atoms with E-state index in [-0.39, 0.29) is 18.0 Å². The SMILES string of the molecule is O=C(c1ccco1)N1CCN([C@@H]2CCCC[C@@H]2NS(=O)(=O)c2ccccc2)CC1. The lowest BCUT2D eigenvalue weighted by molar-refractivity contribution is 0.0455. The summed E-state index contributed by atoms with van der Waals surface area (Å²) < 4.78 is 33.8. The van der Waals surface area contributed by atoms with Gasteiger partial charge in [0.1, 0.15) is 0 Å². The van der Waals surface area contributed by atoms with Crippen molar-refractivity contribution in [3.8, 4) is 0 Å². The largest absolute Gasteiger partial charge is 0.459 e. The Hall–Kier alpha value is -2.16. The maximum Gasteiger partial charge on any atom is 0.289 e. The molecule has 1 N–H and O–H groups in total. The Balaban J connectivity index is 1.40. The van der Waals surface area contributed by atoms with Crippen LogP contribution in [0.4, 0.5) is 0 Å². The Bertz CT molecular complexity index is 907. The first kappa shape index (κ1) is 20.1. The smallest absolute Gasteiger partial charge is 0.289 e. The zero-order chi connectivity index (χ0) is 20.3. The summed E-state index contributed by atoms with van der Waals surface area (Å²) in [5, 5.41) is 0. The van der Waals surface area contributed by atoms with E-state index in [0.29, 0.717) is 23.7 Å². The highest BCUT2D eigenvalue weighted by Gasteiger charge is 2.35. The highest BCUT2D eigenvalue weighted by molar-refractivity contribution is 7.89. The first-order chi connectivity index (χ1) is 14.0. The molecular formula is C21H27N3O4S. The zero-order valence-corrected chi connectivity index (χ0v) is 17.2. The maximum atomic E-state index is 12.8. The van der Waals surface area contributed by atoms with Crippen molar-refractivity contribution in [2.75, 3.05) is 26.2 Å². The minimum Gasteiger partial charge on any atom is -0.459 e. The lowest BCUT2D eigenvalue weighted by Gasteiger charge is -2.44. The number of carbonyl (C=O) groups excluding carboxylic acids is 1. The second-order valence-corrected chi connectivity index (χ2v) is 9.41. The summed E-state index contributed by atoms with van der Waals surface area (Å²) in [6.45, 7) is 2.71. The van der Waals surface area contributed by atoms with Crippen LogP contribution < -0.4 is 4.72 Å². The fourth-order valence-corrected chi connectivity index (χ4v) is 5.69. The third-order valence-electron chi connectivity index (χ3n) is 5.89. The molecule has 156 valence electrons. The molecule has 8 heteroatoms. The van der Waals surface area contributed by atoms with Crippen LogP contribution in [0, 0.1) is 0 Å². The summed E-state index contributed by atoms with van der Waals surface area (Å²) in [6.07, 6.45) is 5.43. The summed E-state index contributed by atoms with van der Waals surface area (Å²) in [5.41, 5.74) is 0. The number of amides is 1. The minimum absolute atomic E-state index is 0.0837. The van der Waals surface area contributed by atoms with Crippen LogP contribution in [0.3, 0.4) is 0 Å². The second kappa shape index (κ2) is 8.69. The minimum atomic E-state index is -3.54. The highest BCUT2D eigenvalue weighted by atomic mass is 32.2. The van der Waals surface area contributed by atoms with Gasteiger partial charge in [-0.25, -0.2) is 13.1 Å². The average molecular weight is 418 g/mol. The Morgan fingerprint density at radius 2 is 1.69 bits per heavy atom. The van der Waals surface area contributed by atoms with Crippen molar-refractivity contribution in [3.63, 3.8) is 0 Å². The molecule has 2 aromatic rings. The van der Waals surface area contributed by atoms with Gasteiger partial charge in [0, 0.05) is 38.3 Å². The summed E-state index contributed by atoms with van der Waals surface area (Å²) in [5.74, 6) is 0.282. The molecule has 7 nitrogen and oxygen atoms in total. The molecule has 1 amide bonds. The molecule has 1 saturated heterocycles. The van der Waals surface area contributed by atoms with Crippen LogP contribution in [-0.2, 0) is 10.0 Å². The molecule has 1 aromatic carbocycles. The lowest BCUT2D eigenvalue weighted by atomic mass is 9.89. The van der Waals surface area contributed by atoms with E-state index in [1.165, 1.54) is 6.26 Å². The van der Waals surface area contributed by atoms with Gasteiger partial charge in [-0.1, -0.05) is 31.0 Å². The summed E-state index contributed by atoms with van der Waals surface area (Å²) in [4.78, 5) is 16.9. The van der Waals surface area contributed by atoms with E-state index in [4.69, 9.17) is 4.42 Å². The van der Waals surface area contributed by atoms with Crippen LogP contribution in [0.5, 0.6) is 0 Å². The molecule has 29 heavy (non-hydrogen) atoms. The third-order valence-corrected chi connectivity index (χ3v) is 7.40. The summed E-state index contributed by atoms with van der Waals surface area (Å²) >= 11 is 0. The van der Waals surface area contributed by atoms with E-state index in [1.54, 1.807) is 41.3 Å². The van der Waals surface area contributed by atoms with Crippen LogP contribution in [0.2, 0.25) is 0 Å². The van der Waals surface area contributed by atoms with Crippen LogP contribution in [0.15, 0.2) is 58.0 Å². The fraction of sp³-hybridized carbons (Fsp3) is 0.476. The van der Waals surface area contributed by atoms with Gasteiger partial charge < -0.3 is 9.32 Å². The Morgan fingerprint density at radius 3 is 2.38 bits per heavy atom. The van der Waals surface area contributed by atoms with Crippen molar-refractivity contribution in [3.05, 3.63) is 54.5 Å². The van der Waals surface area contributed by atoms with Crippen LogP contribution >= 0.6 is 0 Å². The van der Waals surface area contributed by atoms with Gasteiger partial charge in [0.15, 0.2) is 5.76 Å². The van der Waals surface area contributed by atoms with Crippen molar-refractivity contribution in [1.29, 1.82) is 0 Å². The number of hydrogen-bond acceptors (Lipinski definition) is 5. The topological polar surface area (TPSA) is 82.9 Å². The van der Waals surface area contributed by atoms with Gasteiger partial charge >= 0.3 is 0 Å². The maximum absolute atomic E-state index is 12.8. The molecule has 1 aliphatic carbocycles. The van der Waals surface area contributed by atoms with Crippen LogP contribution in [-0.4, -0.2) is 62.4 Å². The highest BCUT2D eigenvalue weighted by Crippen LogP contribution is 2.26. The number of nitrogens with zero attached hydrogens (tertiary/aromatic N) is 2. The second-order valence-electron chi connectivity index (χ2n) is 7.70. The Morgan fingerprint density at radius 1 is 0.966 bits per heavy atom.